The normalized spacial score (nSPS) is 19.5. The molecule has 1 aliphatic heterocycles. The summed E-state index contributed by atoms with van der Waals surface area (Å²) in [5.74, 6) is -1.44. The van der Waals surface area contributed by atoms with Crippen molar-refractivity contribution in [2.75, 3.05) is 13.1 Å². The van der Waals surface area contributed by atoms with Crippen molar-refractivity contribution in [1.82, 2.24) is 10.2 Å². The molecule has 6 nitrogen and oxygen atoms in total. The number of hydrogen-bond acceptors (Lipinski definition) is 3. The van der Waals surface area contributed by atoms with Gasteiger partial charge < -0.3 is 15.3 Å². The first-order chi connectivity index (χ1) is 10.5. The number of carbonyl (C=O) groups excluding carboxylic acids is 2. The fourth-order valence-electron chi connectivity index (χ4n) is 2.74. The van der Waals surface area contributed by atoms with Crippen LogP contribution < -0.4 is 5.32 Å². The summed E-state index contributed by atoms with van der Waals surface area (Å²) < 4.78 is 0. The van der Waals surface area contributed by atoms with Crippen LogP contribution >= 0.6 is 0 Å². The number of likely N-dealkylation sites (tertiary alicyclic amines) is 1. The van der Waals surface area contributed by atoms with E-state index in [0.717, 1.165) is 25.7 Å². The lowest BCUT2D eigenvalue weighted by Crippen LogP contribution is -2.49. The fraction of sp³-hybridized carbons (Fsp3) is 0.812. The van der Waals surface area contributed by atoms with Gasteiger partial charge in [-0.05, 0) is 25.7 Å². The molecule has 0 bridgehead atoms. The van der Waals surface area contributed by atoms with Crippen molar-refractivity contribution in [2.24, 2.45) is 5.92 Å². The van der Waals surface area contributed by atoms with Crippen molar-refractivity contribution in [2.45, 2.75) is 64.8 Å². The van der Waals surface area contributed by atoms with Gasteiger partial charge in [-0.2, -0.15) is 0 Å². The van der Waals surface area contributed by atoms with Crippen LogP contribution in [0.3, 0.4) is 0 Å². The monoisotopic (exact) mass is 312 g/mol. The van der Waals surface area contributed by atoms with Crippen LogP contribution in [-0.2, 0) is 14.4 Å². The van der Waals surface area contributed by atoms with Crippen molar-refractivity contribution in [3.63, 3.8) is 0 Å². The third kappa shape index (κ3) is 5.66. The minimum absolute atomic E-state index is 0.0840. The number of unbranched alkanes of at least 4 members (excludes halogenated alkanes) is 1. The SMILES string of the molecule is CCCC[C@H](NC(=O)C1CCCN(C(=O)CCC)C1)C(=O)O. The average Bonchev–Trinajstić information content (AvgIpc) is 2.51. The van der Waals surface area contributed by atoms with E-state index in [1.165, 1.54) is 0 Å². The summed E-state index contributed by atoms with van der Waals surface area (Å²) in [5, 5.41) is 11.8. The van der Waals surface area contributed by atoms with Crippen LogP contribution in [0.5, 0.6) is 0 Å². The number of amides is 2. The highest BCUT2D eigenvalue weighted by Crippen LogP contribution is 2.18. The Balaban J connectivity index is 2.56. The number of nitrogens with one attached hydrogen (secondary N) is 1. The number of piperidine rings is 1. The summed E-state index contributed by atoms with van der Waals surface area (Å²) in [6.07, 6.45) is 4.91. The molecular weight excluding hydrogens is 284 g/mol. The topological polar surface area (TPSA) is 86.7 Å². The quantitative estimate of drug-likeness (QED) is 0.715. The third-order valence-electron chi connectivity index (χ3n) is 4.07. The summed E-state index contributed by atoms with van der Waals surface area (Å²) in [7, 11) is 0. The van der Waals surface area contributed by atoms with Crippen molar-refractivity contribution >= 4 is 17.8 Å². The smallest absolute Gasteiger partial charge is 0.326 e. The molecule has 0 aromatic carbocycles. The molecule has 126 valence electrons. The first-order valence-electron chi connectivity index (χ1n) is 8.30. The molecule has 0 aromatic rings. The molecule has 2 atom stereocenters. The lowest BCUT2D eigenvalue weighted by Gasteiger charge is -2.32. The Hall–Kier alpha value is -1.59. The van der Waals surface area contributed by atoms with E-state index in [4.69, 9.17) is 0 Å². The van der Waals surface area contributed by atoms with Crippen molar-refractivity contribution in [1.29, 1.82) is 0 Å². The maximum atomic E-state index is 12.3. The van der Waals surface area contributed by atoms with Crippen LogP contribution in [0.15, 0.2) is 0 Å². The van der Waals surface area contributed by atoms with E-state index >= 15 is 0 Å². The predicted molar refractivity (Wildman–Crippen MR) is 83.3 cm³/mol. The highest BCUT2D eigenvalue weighted by molar-refractivity contribution is 5.86. The van der Waals surface area contributed by atoms with Crippen LogP contribution in [0.1, 0.15) is 58.8 Å². The molecule has 1 saturated heterocycles. The Labute approximate surface area is 132 Å². The molecule has 6 heteroatoms. The summed E-state index contributed by atoms with van der Waals surface area (Å²) >= 11 is 0. The van der Waals surface area contributed by atoms with Crippen molar-refractivity contribution in [3.05, 3.63) is 0 Å². The molecule has 1 heterocycles. The molecule has 0 radical (unpaired) electrons. The van der Waals surface area contributed by atoms with Gasteiger partial charge in [0.05, 0.1) is 5.92 Å². The number of carbonyl (C=O) groups is 3. The number of aliphatic carboxylic acids is 1. The second kappa shape index (κ2) is 9.43. The van der Waals surface area contributed by atoms with E-state index in [-0.39, 0.29) is 17.7 Å². The lowest BCUT2D eigenvalue weighted by atomic mass is 9.96. The molecule has 0 aliphatic carbocycles. The number of rotatable bonds is 8. The van der Waals surface area contributed by atoms with E-state index < -0.39 is 12.0 Å². The van der Waals surface area contributed by atoms with Crippen LogP contribution in [0.25, 0.3) is 0 Å². The molecule has 0 saturated carbocycles. The first kappa shape index (κ1) is 18.5. The number of nitrogens with zero attached hydrogens (tertiary/aromatic N) is 1. The zero-order valence-electron chi connectivity index (χ0n) is 13.6. The summed E-state index contributed by atoms with van der Waals surface area (Å²) in [6, 6.07) is -0.825. The van der Waals surface area contributed by atoms with E-state index in [1.54, 1.807) is 4.90 Å². The number of hydrogen-bond donors (Lipinski definition) is 2. The fourth-order valence-corrected chi connectivity index (χ4v) is 2.74. The van der Waals surface area contributed by atoms with Gasteiger partial charge in [0.1, 0.15) is 6.04 Å². The Morgan fingerprint density at radius 3 is 2.59 bits per heavy atom. The molecule has 2 N–H and O–H groups in total. The zero-order valence-corrected chi connectivity index (χ0v) is 13.6. The highest BCUT2D eigenvalue weighted by Gasteiger charge is 2.30. The van der Waals surface area contributed by atoms with Gasteiger partial charge in [0.15, 0.2) is 0 Å². The summed E-state index contributed by atoms with van der Waals surface area (Å²) in [6.45, 7) is 5.04. The third-order valence-corrected chi connectivity index (χ3v) is 4.07. The van der Waals surface area contributed by atoms with Gasteiger partial charge in [-0.15, -0.1) is 0 Å². The average molecular weight is 312 g/mol. The van der Waals surface area contributed by atoms with Gasteiger partial charge >= 0.3 is 5.97 Å². The van der Waals surface area contributed by atoms with E-state index in [0.29, 0.717) is 32.4 Å². The van der Waals surface area contributed by atoms with Gasteiger partial charge in [0, 0.05) is 19.5 Å². The van der Waals surface area contributed by atoms with Crippen molar-refractivity contribution in [3.8, 4) is 0 Å². The zero-order chi connectivity index (χ0) is 16.5. The van der Waals surface area contributed by atoms with Gasteiger partial charge in [-0.25, -0.2) is 4.79 Å². The van der Waals surface area contributed by atoms with Gasteiger partial charge in [0.2, 0.25) is 11.8 Å². The van der Waals surface area contributed by atoms with E-state index in [1.807, 2.05) is 13.8 Å². The van der Waals surface area contributed by atoms with Gasteiger partial charge in [0.25, 0.3) is 0 Å². The van der Waals surface area contributed by atoms with Gasteiger partial charge in [-0.3, -0.25) is 9.59 Å². The lowest BCUT2D eigenvalue weighted by molar-refractivity contribution is -0.144. The van der Waals surface area contributed by atoms with Crippen LogP contribution in [0.4, 0.5) is 0 Å². The highest BCUT2D eigenvalue weighted by atomic mass is 16.4. The molecule has 0 aromatic heterocycles. The maximum Gasteiger partial charge on any atom is 0.326 e. The number of carboxylic acids is 1. The second-order valence-corrected chi connectivity index (χ2v) is 5.97. The Morgan fingerprint density at radius 2 is 2.00 bits per heavy atom. The molecule has 2 amide bonds. The maximum absolute atomic E-state index is 12.3. The Morgan fingerprint density at radius 1 is 1.27 bits per heavy atom. The second-order valence-electron chi connectivity index (χ2n) is 5.97. The first-order valence-corrected chi connectivity index (χ1v) is 8.30. The van der Waals surface area contributed by atoms with Crippen LogP contribution in [0, 0.1) is 5.92 Å². The van der Waals surface area contributed by atoms with E-state index in [2.05, 4.69) is 5.32 Å². The molecule has 1 fully saturated rings. The van der Waals surface area contributed by atoms with Gasteiger partial charge in [-0.1, -0.05) is 26.7 Å². The summed E-state index contributed by atoms with van der Waals surface area (Å²) in [4.78, 5) is 37.2. The molecule has 22 heavy (non-hydrogen) atoms. The van der Waals surface area contributed by atoms with Crippen LogP contribution in [-0.4, -0.2) is 46.9 Å². The van der Waals surface area contributed by atoms with Crippen LogP contribution in [0.2, 0.25) is 0 Å². The largest absolute Gasteiger partial charge is 0.480 e. The minimum atomic E-state index is -0.989. The molecule has 1 unspecified atom stereocenters. The van der Waals surface area contributed by atoms with Crippen molar-refractivity contribution < 1.29 is 19.5 Å². The molecule has 0 spiro atoms. The molecule has 1 rings (SSSR count). The van der Waals surface area contributed by atoms with E-state index in [9.17, 15) is 19.5 Å². The molecule has 1 aliphatic rings. The Kier molecular flexibility index (Phi) is 7.91. The predicted octanol–water partition coefficient (Wildman–Crippen LogP) is 1.78. The Bertz CT molecular complexity index is 398. The molecular formula is C16H28N2O4. The number of carboxylic acid groups (broad SMARTS) is 1. The summed E-state index contributed by atoms with van der Waals surface area (Å²) in [5.41, 5.74) is 0. The standard InChI is InChI=1S/C16H28N2O4/c1-3-5-9-13(16(21)22)17-15(20)12-8-6-10-18(11-12)14(19)7-4-2/h12-13H,3-11H2,1-2H3,(H,17,20)(H,21,22)/t12?,13-/m0/s1. The minimum Gasteiger partial charge on any atom is -0.480 e.